The average Bonchev–Trinajstić information content (AvgIpc) is 2.51. The third kappa shape index (κ3) is 1.52. The number of nitrogens with zero attached hydrogens (tertiary/aromatic N) is 1. The summed E-state index contributed by atoms with van der Waals surface area (Å²) in [4.78, 5) is 2.75. The molecule has 13 heavy (non-hydrogen) atoms. The van der Waals surface area contributed by atoms with Gasteiger partial charge in [0.05, 0.1) is 0 Å². The minimum absolute atomic E-state index is 0.735. The summed E-state index contributed by atoms with van der Waals surface area (Å²) >= 11 is 0. The zero-order chi connectivity index (χ0) is 8.89. The number of rotatable bonds is 2. The van der Waals surface area contributed by atoms with E-state index in [1.54, 1.807) is 0 Å². The van der Waals surface area contributed by atoms with Crippen molar-refractivity contribution in [2.75, 3.05) is 19.6 Å². The first-order chi connectivity index (χ1) is 6.25. The molecule has 3 aliphatic rings. The Labute approximate surface area is 81.5 Å². The first-order valence-electron chi connectivity index (χ1n) is 5.98. The normalized spacial score (nSPS) is 42.2. The van der Waals surface area contributed by atoms with Gasteiger partial charge in [0.1, 0.15) is 0 Å². The minimum Gasteiger partial charge on any atom is -0.302 e. The van der Waals surface area contributed by atoms with Crippen molar-refractivity contribution in [1.29, 1.82) is 0 Å². The number of hydrogen-bond acceptors (Lipinski definition) is 1. The Morgan fingerprint density at radius 1 is 1.15 bits per heavy atom. The maximum atomic E-state index is 2.75. The van der Waals surface area contributed by atoms with Gasteiger partial charge in [0.2, 0.25) is 0 Å². The third-order valence-corrected chi connectivity index (χ3v) is 4.51. The quantitative estimate of drug-likeness (QED) is 0.629. The van der Waals surface area contributed by atoms with Crippen molar-refractivity contribution in [2.24, 2.45) is 17.3 Å². The summed E-state index contributed by atoms with van der Waals surface area (Å²) in [5.41, 5.74) is 0.735. The van der Waals surface area contributed by atoms with Gasteiger partial charge < -0.3 is 4.90 Å². The predicted molar refractivity (Wildman–Crippen MR) is 54.6 cm³/mol. The van der Waals surface area contributed by atoms with Crippen LogP contribution < -0.4 is 0 Å². The zero-order valence-corrected chi connectivity index (χ0v) is 8.76. The summed E-state index contributed by atoms with van der Waals surface area (Å²) in [6.07, 6.45) is 7.54. The lowest BCUT2D eigenvalue weighted by Gasteiger charge is -2.20. The molecule has 2 atom stereocenters. The Balaban J connectivity index is 1.57. The van der Waals surface area contributed by atoms with E-state index in [4.69, 9.17) is 0 Å². The average molecular weight is 179 g/mol. The summed E-state index contributed by atoms with van der Waals surface area (Å²) < 4.78 is 0. The lowest BCUT2D eigenvalue weighted by atomic mass is 10.0. The van der Waals surface area contributed by atoms with Crippen LogP contribution in [-0.2, 0) is 0 Å². The van der Waals surface area contributed by atoms with Crippen molar-refractivity contribution in [3.8, 4) is 0 Å². The van der Waals surface area contributed by atoms with Crippen LogP contribution in [0.25, 0.3) is 0 Å². The van der Waals surface area contributed by atoms with E-state index < -0.39 is 0 Å². The van der Waals surface area contributed by atoms with Gasteiger partial charge in [-0.25, -0.2) is 0 Å². The van der Waals surface area contributed by atoms with Gasteiger partial charge in [0.25, 0.3) is 0 Å². The second-order valence-corrected chi connectivity index (χ2v) is 5.96. The Morgan fingerprint density at radius 2 is 1.77 bits per heavy atom. The van der Waals surface area contributed by atoms with E-state index in [0.717, 1.165) is 17.3 Å². The molecule has 1 aliphatic heterocycles. The van der Waals surface area contributed by atoms with Gasteiger partial charge in [-0.15, -0.1) is 0 Å². The van der Waals surface area contributed by atoms with E-state index in [9.17, 15) is 0 Å². The topological polar surface area (TPSA) is 3.24 Å². The molecule has 1 heteroatoms. The molecule has 0 aromatic heterocycles. The van der Waals surface area contributed by atoms with Gasteiger partial charge in [-0.2, -0.15) is 0 Å². The van der Waals surface area contributed by atoms with Crippen LogP contribution in [0.5, 0.6) is 0 Å². The van der Waals surface area contributed by atoms with Crippen molar-refractivity contribution in [2.45, 2.75) is 39.0 Å². The monoisotopic (exact) mass is 179 g/mol. The maximum Gasteiger partial charge on any atom is 0.00356 e. The van der Waals surface area contributed by atoms with Crippen LogP contribution in [0.15, 0.2) is 0 Å². The Kier molecular flexibility index (Phi) is 1.74. The summed E-state index contributed by atoms with van der Waals surface area (Å²) in [7, 11) is 0. The molecule has 1 nitrogen and oxygen atoms in total. The second-order valence-electron chi connectivity index (χ2n) is 5.96. The highest BCUT2D eigenvalue weighted by atomic mass is 15.2. The molecule has 0 aromatic carbocycles. The second kappa shape index (κ2) is 2.73. The lowest BCUT2D eigenvalue weighted by molar-refractivity contribution is 0.257. The van der Waals surface area contributed by atoms with Crippen LogP contribution in [0.2, 0.25) is 0 Å². The van der Waals surface area contributed by atoms with Crippen LogP contribution in [-0.4, -0.2) is 24.5 Å². The highest BCUT2D eigenvalue weighted by molar-refractivity contribution is 4.95. The fourth-order valence-corrected chi connectivity index (χ4v) is 3.37. The molecule has 3 rings (SSSR count). The van der Waals surface area contributed by atoms with Crippen molar-refractivity contribution in [1.82, 2.24) is 4.90 Å². The summed E-state index contributed by atoms with van der Waals surface area (Å²) in [6, 6.07) is 0. The van der Waals surface area contributed by atoms with Crippen LogP contribution in [0, 0.1) is 17.3 Å². The highest BCUT2D eigenvalue weighted by Gasteiger charge is 2.43. The standard InChI is InChI=1S/C12H21N/c1-12(5-6-12)9-13-7-10-3-2-4-11(10)8-13/h10-11H,2-9H2,1H3. The summed E-state index contributed by atoms with van der Waals surface area (Å²) in [5, 5.41) is 0. The van der Waals surface area contributed by atoms with E-state index in [0.29, 0.717) is 0 Å². The predicted octanol–water partition coefficient (Wildman–Crippen LogP) is 2.52. The molecule has 2 aliphatic carbocycles. The van der Waals surface area contributed by atoms with Crippen molar-refractivity contribution >= 4 is 0 Å². The first kappa shape index (κ1) is 8.28. The third-order valence-electron chi connectivity index (χ3n) is 4.51. The molecule has 1 heterocycles. The Morgan fingerprint density at radius 3 is 2.31 bits per heavy atom. The highest BCUT2D eigenvalue weighted by Crippen LogP contribution is 2.47. The zero-order valence-electron chi connectivity index (χ0n) is 8.76. The molecule has 0 bridgehead atoms. The molecule has 3 fully saturated rings. The molecule has 0 radical (unpaired) electrons. The van der Waals surface area contributed by atoms with Gasteiger partial charge in [-0.1, -0.05) is 13.3 Å². The number of hydrogen-bond donors (Lipinski definition) is 0. The van der Waals surface area contributed by atoms with E-state index in [2.05, 4.69) is 11.8 Å². The van der Waals surface area contributed by atoms with Crippen molar-refractivity contribution in [3.05, 3.63) is 0 Å². The fraction of sp³-hybridized carbons (Fsp3) is 1.00. The van der Waals surface area contributed by atoms with Gasteiger partial charge in [-0.05, 0) is 42.9 Å². The smallest absolute Gasteiger partial charge is 0.00356 e. The minimum atomic E-state index is 0.735. The van der Waals surface area contributed by atoms with E-state index in [-0.39, 0.29) is 0 Å². The molecular weight excluding hydrogens is 158 g/mol. The van der Waals surface area contributed by atoms with Crippen LogP contribution in [0.4, 0.5) is 0 Å². The van der Waals surface area contributed by atoms with Crippen molar-refractivity contribution in [3.63, 3.8) is 0 Å². The number of fused-ring (bicyclic) bond motifs is 1. The van der Waals surface area contributed by atoms with Gasteiger partial charge in [0, 0.05) is 19.6 Å². The van der Waals surface area contributed by atoms with Crippen LogP contribution >= 0.6 is 0 Å². The molecule has 0 aromatic rings. The summed E-state index contributed by atoms with van der Waals surface area (Å²) in [6.45, 7) is 6.72. The van der Waals surface area contributed by atoms with Crippen LogP contribution in [0.1, 0.15) is 39.0 Å². The summed E-state index contributed by atoms with van der Waals surface area (Å²) in [5.74, 6) is 2.17. The van der Waals surface area contributed by atoms with Crippen LogP contribution in [0.3, 0.4) is 0 Å². The maximum absolute atomic E-state index is 2.75. The van der Waals surface area contributed by atoms with Gasteiger partial charge in [0.15, 0.2) is 0 Å². The van der Waals surface area contributed by atoms with Gasteiger partial charge in [-0.3, -0.25) is 0 Å². The Bertz CT molecular complexity index is 195. The molecule has 2 unspecified atom stereocenters. The number of likely N-dealkylation sites (tertiary alicyclic amines) is 1. The molecule has 1 saturated heterocycles. The molecule has 74 valence electrons. The van der Waals surface area contributed by atoms with Gasteiger partial charge >= 0.3 is 0 Å². The van der Waals surface area contributed by atoms with E-state index in [1.807, 2.05) is 0 Å². The molecule has 0 N–H and O–H groups in total. The SMILES string of the molecule is CC1(CN2CC3CCCC3C2)CC1. The first-order valence-corrected chi connectivity index (χ1v) is 5.98. The molecule has 0 amide bonds. The Hall–Kier alpha value is -0.0400. The molecular formula is C12H21N. The van der Waals surface area contributed by atoms with E-state index in [1.165, 1.54) is 51.7 Å². The molecule has 0 spiro atoms. The fourth-order valence-electron chi connectivity index (χ4n) is 3.37. The van der Waals surface area contributed by atoms with E-state index >= 15 is 0 Å². The molecule has 2 saturated carbocycles. The van der Waals surface area contributed by atoms with Crippen molar-refractivity contribution < 1.29 is 0 Å². The lowest BCUT2D eigenvalue weighted by Crippen LogP contribution is -2.27. The largest absolute Gasteiger partial charge is 0.302 e.